The largest absolute Gasteiger partial charge is 0.299 e. The summed E-state index contributed by atoms with van der Waals surface area (Å²) in [4.78, 5) is 27.1. The molecule has 0 aliphatic heterocycles. The Bertz CT molecular complexity index is 553. The molecule has 0 bridgehead atoms. The minimum atomic E-state index is -0.258. The Balaban J connectivity index is 1.57. The minimum absolute atomic E-state index is 0.192. The smallest absolute Gasteiger partial charge is 0.146 e. The van der Waals surface area contributed by atoms with Gasteiger partial charge in [-0.05, 0) is 62.2 Å². The molecule has 0 aromatic rings. The maximum Gasteiger partial charge on any atom is 0.146 e. The lowest BCUT2D eigenvalue weighted by molar-refractivity contribution is -0.141. The van der Waals surface area contributed by atoms with E-state index in [-0.39, 0.29) is 11.8 Å². The molecule has 0 aromatic carbocycles. The van der Waals surface area contributed by atoms with Crippen LogP contribution in [0.1, 0.15) is 142 Å². The molecule has 2 heteroatoms. The van der Waals surface area contributed by atoms with E-state index in [1.54, 1.807) is 0 Å². The van der Waals surface area contributed by atoms with Crippen LogP contribution >= 0.6 is 0 Å². The van der Waals surface area contributed by atoms with Gasteiger partial charge in [0.15, 0.2) is 0 Å². The lowest BCUT2D eigenvalue weighted by Crippen LogP contribution is -2.42. The Kier molecular flexibility index (Phi) is 11.3. The van der Waals surface area contributed by atoms with E-state index in [0.717, 1.165) is 18.8 Å². The van der Waals surface area contributed by atoms with Gasteiger partial charge >= 0.3 is 0 Å². The molecule has 0 saturated heterocycles. The van der Waals surface area contributed by atoms with Crippen molar-refractivity contribution in [3.8, 4) is 0 Å². The SMILES string of the molecule is CCCCCCCC1CCC(C(=O)C(C2CCCCC2)C2CCC(CCC)CC2)C(=O)C1. The van der Waals surface area contributed by atoms with E-state index in [0.29, 0.717) is 35.7 Å². The number of Topliss-reactive ketones (excluding diaryl/α,β-unsaturated/α-hetero) is 2. The van der Waals surface area contributed by atoms with Gasteiger partial charge in [0, 0.05) is 12.3 Å². The molecule has 0 amide bonds. The van der Waals surface area contributed by atoms with E-state index in [4.69, 9.17) is 0 Å². The van der Waals surface area contributed by atoms with Gasteiger partial charge in [0.05, 0.1) is 5.92 Å². The summed E-state index contributed by atoms with van der Waals surface area (Å²) in [6, 6.07) is 0. The Labute approximate surface area is 199 Å². The number of ketones is 2. The molecule has 32 heavy (non-hydrogen) atoms. The molecule has 0 radical (unpaired) electrons. The monoisotopic (exact) mass is 444 g/mol. The minimum Gasteiger partial charge on any atom is -0.299 e. The molecule has 0 aromatic heterocycles. The van der Waals surface area contributed by atoms with E-state index in [2.05, 4.69) is 13.8 Å². The van der Waals surface area contributed by atoms with Crippen LogP contribution in [0.2, 0.25) is 0 Å². The van der Waals surface area contributed by atoms with Crippen molar-refractivity contribution in [1.82, 2.24) is 0 Å². The zero-order valence-corrected chi connectivity index (χ0v) is 21.4. The maximum atomic E-state index is 13.9. The van der Waals surface area contributed by atoms with E-state index < -0.39 is 0 Å². The van der Waals surface area contributed by atoms with Gasteiger partial charge in [-0.3, -0.25) is 9.59 Å². The highest BCUT2D eigenvalue weighted by Gasteiger charge is 2.43. The van der Waals surface area contributed by atoms with Crippen molar-refractivity contribution in [2.24, 2.45) is 35.5 Å². The van der Waals surface area contributed by atoms with Gasteiger partial charge in [0.25, 0.3) is 0 Å². The quantitative estimate of drug-likeness (QED) is 0.223. The zero-order valence-electron chi connectivity index (χ0n) is 21.4. The van der Waals surface area contributed by atoms with Crippen molar-refractivity contribution in [2.45, 2.75) is 142 Å². The molecular formula is C30H52O2. The normalized spacial score (nSPS) is 30.9. The van der Waals surface area contributed by atoms with Gasteiger partial charge in [-0.2, -0.15) is 0 Å². The summed E-state index contributed by atoms with van der Waals surface area (Å²) in [7, 11) is 0. The summed E-state index contributed by atoms with van der Waals surface area (Å²) in [6.45, 7) is 4.56. The molecule has 3 saturated carbocycles. The molecule has 3 rings (SSSR count). The number of carbonyl (C=O) groups is 2. The predicted octanol–water partition coefficient (Wildman–Crippen LogP) is 8.70. The summed E-state index contributed by atoms with van der Waals surface area (Å²) in [5, 5.41) is 0. The summed E-state index contributed by atoms with van der Waals surface area (Å²) in [6.07, 6.45) is 24.5. The third-order valence-electron chi connectivity index (χ3n) is 9.38. The standard InChI is InChI=1S/C30H52O2/c1-3-5-6-7-9-13-24-18-21-27(28(31)22-24)30(32)29(25-14-10-8-11-15-25)26-19-16-23(12-4-2)17-20-26/h23-27,29H,3-22H2,1-2H3. The summed E-state index contributed by atoms with van der Waals surface area (Å²) in [5.74, 6) is 3.18. The Hall–Kier alpha value is -0.660. The summed E-state index contributed by atoms with van der Waals surface area (Å²) >= 11 is 0. The van der Waals surface area contributed by atoms with Gasteiger partial charge in [-0.25, -0.2) is 0 Å². The highest BCUT2D eigenvalue weighted by atomic mass is 16.2. The molecule has 3 aliphatic carbocycles. The predicted molar refractivity (Wildman–Crippen MR) is 135 cm³/mol. The van der Waals surface area contributed by atoms with Crippen LogP contribution < -0.4 is 0 Å². The molecular weight excluding hydrogens is 392 g/mol. The first-order chi connectivity index (χ1) is 15.6. The van der Waals surface area contributed by atoms with Gasteiger partial charge < -0.3 is 0 Å². The van der Waals surface area contributed by atoms with Crippen molar-refractivity contribution >= 4 is 11.6 Å². The third kappa shape index (κ3) is 7.42. The fourth-order valence-corrected chi connectivity index (χ4v) is 7.50. The number of hydrogen-bond donors (Lipinski definition) is 0. The molecule has 0 heterocycles. The molecule has 0 spiro atoms. The summed E-state index contributed by atoms with van der Waals surface area (Å²) < 4.78 is 0. The van der Waals surface area contributed by atoms with E-state index >= 15 is 0 Å². The number of rotatable bonds is 12. The van der Waals surface area contributed by atoms with Crippen LogP contribution in [-0.4, -0.2) is 11.6 Å². The molecule has 2 nitrogen and oxygen atoms in total. The molecule has 0 N–H and O–H groups in total. The van der Waals surface area contributed by atoms with Crippen LogP contribution in [0, 0.1) is 35.5 Å². The van der Waals surface area contributed by atoms with E-state index in [9.17, 15) is 9.59 Å². The van der Waals surface area contributed by atoms with Crippen molar-refractivity contribution in [2.75, 3.05) is 0 Å². The van der Waals surface area contributed by atoms with Crippen molar-refractivity contribution in [3.05, 3.63) is 0 Å². The fraction of sp³-hybridized carbons (Fsp3) is 0.933. The molecule has 3 atom stereocenters. The zero-order chi connectivity index (χ0) is 22.8. The van der Waals surface area contributed by atoms with Crippen molar-refractivity contribution < 1.29 is 9.59 Å². The number of unbranched alkanes of at least 4 members (excludes halogenated alkanes) is 4. The lowest BCUT2D eigenvalue weighted by Gasteiger charge is -2.40. The second-order valence-electron chi connectivity index (χ2n) is 11.8. The van der Waals surface area contributed by atoms with Crippen molar-refractivity contribution in [1.29, 1.82) is 0 Å². The highest BCUT2D eigenvalue weighted by molar-refractivity contribution is 6.04. The van der Waals surface area contributed by atoms with Crippen LogP contribution in [0.25, 0.3) is 0 Å². The first-order valence-corrected chi connectivity index (χ1v) is 14.7. The first-order valence-electron chi connectivity index (χ1n) is 14.7. The van der Waals surface area contributed by atoms with Gasteiger partial charge in [-0.15, -0.1) is 0 Å². The Morgan fingerprint density at radius 1 is 0.719 bits per heavy atom. The maximum absolute atomic E-state index is 13.9. The average molecular weight is 445 g/mol. The lowest BCUT2D eigenvalue weighted by atomic mass is 9.63. The van der Waals surface area contributed by atoms with Crippen LogP contribution in [0.4, 0.5) is 0 Å². The number of hydrogen-bond acceptors (Lipinski definition) is 2. The van der Waals surface area contributed by atoms with Gasteiger partial charge in [-0.1, -0.05) is 97.3 Å². The van der Waals surface area contributed by atoms with Gasteiger partial charge in [0.1, 0.15) is 11.6 Å². The second-order valence-corrected chi connectivity index (χ2v) is 11.8. The molecule has 184 valence electrons. The molecule has 3 aliphatic rings. The Morgan fingerprint density at radius 2 is 1.38 bits per heavy atom. The molecule has 3 unspecified atom stereocenters. The third-order valence-corrected chi connectivity index (χ3v) is 9.38. The fourth-order valence-electron chi connectivity index (χ4n) is 7.50. The van der Waals surface area contributed by atoms with Crippen LogP contribution in [0.3, 0.4) is 0 Å². The van der Waals surface area contributed by atoms with Crippen LogP contribution in [-0.2, 0) is 9.59 Å². The highest BCUT2D eigenvalue weighted by Crippen LogP contribution is 2.45. The van der Waals surface area contributed by atoms with Crippen LogP contribution in [0.15, 0.2) is 0 Å². The average Bonchev–Trinajstić information content (AvgIpc) is 2.81. The van der Waals surface area contributed by atoms with Crippen LogP contribution in [0.5, 0.6) is 0 Å². The van der Waals surface area contributed by atoms with Gasteiger partial charge in [0.2, 0.25) is 0 Å². The topological polar surface area (TPSA) is 34.1 Å². The first kappa shape index (κ1) is 26.0. The summed E-state index contributed by atoms with van der Waals surface area (Å²) in [5.41, 5.74) is 0. The van der Waals surface area contributed by atoms with E-state index in [1.165, 1.54) is 109 Å². The second kappa shape index (κ2) is 13.9. The number of carbonyl (C=O) groups excluding carboxylic acids is 2. The molecule has 3 fully saturated rings. The van der Waals surface area contributed by atoms with E-state index in [1.807, 2.05) is 0 Å². The Morgan fingerprint density at radius 3 is 2.03 bits per heavy atom. The van der Waals surface area contributed by atoms with Crippen molar-refractivity contribution in [3.63, 3.8) is 0 Å².